The number of carbonyl (C=O) groups excluding carboxylic acids is 2. The molecule has 0 radical (unpaired) electrons. The lowest BCUT2D eigenvalue weighted by Crippen LogP contribution is -2.41. The van der Waals surface area contributed by atoms with E-state index in [0.717, 1.165) is 9.36 Å². The Labute approximate surface area is 200 Å². The van der Waals surface area contributed by atoms with Crippen LogP contribution in [0.2, 0.25) is 0 Å². The molecule has 0 bridgehead atoms. The molecule has 0 saturated carbocycles. The first kappa shape index (κ1) is 27.4. The highest BCUT2D eigenvalue weighted by Gasteiger charge is 2.52. The summed E-state index contributed by atoms with van der Waals surface area (Å²) in [6.45, 7) is 18.6. The molecule has 188 valence electrons. The van der Waals surface area contributed by atoms with Crippen molar-refractivity contribution in [2.45, 2.75) is 91.6 Å². The van der Waals surface area contributed by atoms with Gasteiger partial charge in [0.2, 0.25) is 0 Å². The normalized spacial score (nSPS) is 17.1. The minimum absolute atomic E-state index is 0.0640. The zero-order chi connectivity index (χ0) is 26.1. The average molecular weight is 478 g/mol. The summed E-state index contributed by atoms with van der Waals surface area (Å²) >= 11 is 0. The smallest absolute Gasteiger partial charge is 0.498 e. The third kappa shape index (κ3) is 7.32. The van der Waals surface area contributed by atoms with Crippen molar-refractivity contribution in [3.63, 3.8) is 0 Å². The van der Waals surface area contributed by atoms with Crippen LogP contribution in [0, 0.1) is 0 Å². The van der Waals surface area contributed by atoms with Crippen LogP contribution in [0.3, 0.4) is 0 Å². The van der Waals surface area contributed by atoms with E-state index in [1.165, 1.54) is 12.4 Å². The SMILES string of the molecule is CC(C)(C)OC(=O)n1cc(B2OC(C)(C)C(C)(C)O2)cn1.CC(C)(C)OC(=O)n1cc(O)cn1. The van der Waals surface area contributed by atoms with Crippen LogP contribution in [-0.2, 0) is 18.8 Å². The Morgan fingerprint density at radius 1 is 0.853 bits per heavy atom. The number of nitrogens with zero attached hydrogens (tertiary/aromatic N) is 4. The number of ether oxygens (including phenoxy) is 2. The molecule has 11 nitrogen and oxygen atoms in total. The van der Waals surface area contributed by atoms with Crippen molar-refractivity contribution in [3.05, 3.63) is 24.8 Å². The van der Waals surface area contributed by atoms with Crippen molar-refractivity contribution < 1.29 is 33.5 Å². The zero-order valence-electron chi connectivity index (χ0n) is 21.6. The number of hydrogen-bond donors (Lipinski definition) is 1. The molecule has 0 amide bonds. The molecular weight excluding hydrogens is 443 g/mol. The molecule has 2 aromatic heterocycles. The van der Waals surface area contributed by atoms with Crippen molar-refractivity contribution in [2.75, 3.05) is 0 Å². The van der Waals surface area contributed by atoms with Gasteiger partial charge in [-0.1, -0.05) is 0 Å². The molecule has 12 heteroatoms. The van der Waals surface area contributed by atoms with Gasteiger partial charge in [-0.15, -0.1) is 0 Å². The van der Waals surface area contributed by atoms with Crippen molar-refractivity contribution in [1.29, 1.82) is 0 Å². The van der Waals surface area contributed by atoms with Crippen LogP contribution >= 0.6 is 0 Å². The predicted molar refractivity (Wildman–Crippen MR) is 125 cm³/mol. The maximum Gasteiger partial charge on any atom is 0.498 e. The number of carbonyl (C=O) groups is 2. The van der Waals surface area contributed by atoms with E-state index in [1.807, 2.05) is 48.5 Å². The molecule has 0 spiro atoms. The second-order valence-corrected chi connectivity index (χ2v) is 10.9. The van der Waals surface area contributed by atoms with Crippen molar-refractivity contribution in [2.24, 2.45) is 0 Å². The molecule has 1 fully saturated rings. The van der Waals surface area contributed by atoms with Crippen LogP contribution in [0.15, 0.2) is 24.8 Å². The van der Waals surface area contributed by atoms with E-state index in [-0.39, 0.29) is 5.75 Å². The van der Waals surface area contributed by atoms with Gasteiger partial charge in [0.05, 0.1) is 23.6 Å². The molecule has 3 heterocycles. The van der Waals surface area contributed by atoms with Gasteiger partial charge in [-0.05, 0) is 69.2 Å². The van der Waals surface area contributed by atoms with Crippen LogP contribution in [0.1, 0.15) is 69.2 Å². The fourth-order valence-electron chi connectivity index (χ4n) is 2.57. The first-order valence-corrected chi connectivity index (χ1v) is 10.9. The molecule has 3 rings (SSSR count). The third-order valence-electron chi connectivity index (χ3n) is 4.86. The van der Waals surface area contributed by atoms with E-state index >= 15 is 0 Å². The minimum atomic E-state index is -0.604. The van der Waals surface area contributed by atoms with Crippen LogP contribution in [0.4, 0.5) is 9.59 Å². The predicted octanol–water partition coefficient (Wildman–Crippen LogP) is 3.34. The van der Waals surface area contributed by atoms with E-state index in [9.17, 15) is 9.59 Å². The van der Waals surface area contributed by atoms with Gasteiger partial charge in [-0.25, -0.2) is 9.59 Å². The van der Waals surface area contributed by atoms with Crippen molar-refractivity contribution in [1.82, 2.24) is 19.6 Å². The van der Waals surface area contributed by atoms with E-state index in [4.69, 9.17) is 23.9 Å². The molecule has 2 aromatic rings. The van der Waals surface area contributed by atoms with E-state index in [2.05, 4.69) is 10.2 Å². The number of aromatic hydroxyl groups is 1. The Morgan fingerprint density at radius 3 is 1.65 bits per heavy atom. The quantitative estimate of drug-likeness (QED) is 0.614. The molecule has 1 saturated heterocycles. The Hall–Kier alpha value is -2.86. The molecule has 34 heavy (non-hydrogen) atoms. The lowest BCUT2D eigenvalue weighted by atomic mass is 9.82. The molecule has 0 aliphatic carbocycles. The van der Waals surface area contributed by atoms with Crippen LogP contribution in [0.25, 0.3) is 0 Å². The Balaban J connectivity index is 0.000000270. The highest BCUT2D eigenvalue weighted by atomic mass is 16.7. The monoisotopic (exact) mass is 478 g/mol. The summed E-state index contributed by atoms with van der Waals surface area (Å²) in [6, 6.07) is 0. The molecule has 0 atom stereocenters. The van der Waals surface area contributed by atoms with Gasteiger partial charge < -0.3 is 23.9 Å². The summed E-state index contributed by atoms with van der Waals surface area (Å²) < 4.78 is 24.2. The second kappa shape index (κ2) is 9.42. The molecule has 1 aliphatic rings. The van der Waals surface area contributed by atoms with Crippen LogP contribution in [-0.4, -0.2) is 66.4 Å². The first-order chi connectivity index (χ1) is 15.3. The minimum Gasteiger partial charge on any atom is -0.505 e. The van der Waals surface area contributed by atoms with Gasteiger partial charge in [0.15, 0.2) is 5.75 Å². The molecule has 0 unspecified atom stereocenters. The zero-order valence-corrected chi connectivity index (χ0v) is 21.6. The molecular formula is C22H35BN4O7. The first-order valence-electron chi connectivity index (χ1n) is 10.9. The fraction of sp³-hybridized carbons (Fsp3) is 0.636. The Morgan fingerprint density at radius 2 is 1.26 bits per heavy atom. The number of rotatable bonds is 1. The summed E-state index contributed by atoms with van der Waals surface area (Å²) in [5.74, 6) is -0.0640. The Bertz CT molecular complexity index is 999. The van der Waals surface area contributed by atoms with Crippen molar-refractivity contribution in [3.8, 4) is 5.75 Å². The summed E-state index contributed by atoms with van der Waals surface area (Å²) in [7, 11) is -0.536. The van der Waals surface area contributed by atoms with E-state index in [1.54, 1.807) is 33.2 Å². The molecule has 1 aliphatic heterocycles. The average Bonchev–Trinajstić information content (AvgIpc) is 3.31. The van der Waals surface area contributed by atoms with Gasteiger partial charge in [0.25, 0.3) is 0 Å². The maximum atomic E-state index is 11.9. The summed E-state index contributed by atoms with van der Waals surface area (Å²) in [5.41, 5.74) is -1.27. The van der Waals surface area contributed by atoms with Crippen molar-refractivity contribution >= 4 is 24.8 Å². The van der Waals surface area contributed by atoms with Gasteiger partial charge >= 0.3 is 19.3 Å². The third-order valence-corrected chi connectivity index (χ3v) is 4.86. The highest BCUT2D eigenvalue weighted by molar-refractivity contribution is 6.62. The maximum absolute atomic E-state index is 11.9. The largest absolute Gasteiger partial charge is 0.505 e. The van der Waals surface area contributed by atoms with Gasteiger partial charge in [0, 0.05) is 17.9 Å². The lowest BCUT2D eigenvalue weighted by Gasteiger charge is -2.32. The Kier molecular flexibility index (Phi) is 7.59. The fourth-order valence-corrected chi connectivity index (χ4v) is 2.57. The summed E-state index contributed by atoms with van der Waals surface area (Å²) in [5, 5.41) is 16.5. The summed E-state index contributed by atoms with van der Waals surface area (Å²) in [6.07, 6.45) is 4.37. The van der Waals surface area contributed by atoms with Crippen LogP contribution < -0.4 is 5.46 Å². The lowest BCUT2D eigenvalue weighted by molar-refractivity contribution is 0.00578. The van der Waals surface area contributed by atoms with E-state index < -0.39 is 41.7 Å². The van der Waals surface area contributed by atoms with Gasteiger partial charge in [-0.3, -0.25) is 0 Å². The highest BCUT2D eigenvalue weighted by Crippen LogP contribution is 2.36. The number of hydrogen-bond acceptors (Lipinski definition) is 9. The van der Waals surface area contributed by atoms with Gasteiger partial charge in [0.1, 0.15) is 11.2 Å². The van der Waals surface area contributed by atoms with Gasteiger partial charge in [-0.2, -0.15) is 19.6 Å². The standard InChI is InChI=1S/C14H23BN2O4.C8H12N2O3/c1-12(2,3)19-11(18)17-9-10(8-16-17)15-20-13(4,5)14(6,7)21-15;1-8(2,3)13-7(12)10-5-6(11)4-9-10/h8-9H,1-7H3;4-5,11H,1-3H3. The molecule has 0 aromatic carbocycles. The van der Waals surface area contributed by atoms with Crippen LogP contribution in [0.5, 0.6) is 5.75 Å². The topological polar surface area (TPSA) is 127 Å². The summed E-state index contributed by atoms with van der Waals surface area (Å²) in [4.78, 5) is 23.2. The second-order valence-electron chi connectivity index (χ2n) is 10.9. The molecule has 1 N–H and O–H groups in total. The van der Waals surface area contributed by atoms with E-state index in [0.29, 0.717) is 5.46 Å². The number of aromatic nitrogens is 4.